The van der Waals surface area contributed by atoms with Crippen molar-refractivity contribution in [3.05, 3.63) is 119 Å². The van der Waals surface area contributed by atoms with Crippen molar-refractivity contribution in [1.82, 2.24) is 0 Å². The van der Waals surface area contributed by atoms with Crippen molar-refractivity contribution in [2.24, 2.45) is 0 Å². The van der Waals surface area contributed by atoms with E-state index in [1.807, 2.05) is 36.4 Å². The summed E-state index contributed by atoms with van der Waals surface area (Å²) in [6.45, 7) is 4.97. The fraction of sp³-hybridized carbons (Fsp3) is 0.343. The Morgan fingerprint density at radius 3 is 1.49 bits per heavy atom. The Labute approximate surface area is 254 Å². The summed E-state index contributed by atoms with van der Waals surface area (Å²) in [6.07, 6.45) is 12.5. The number of nitrogens with zero attached hydrogens (tertiary/aromatic N) is 1. The van der Waals surface area contributed by atoms with Crippen LogP contribution in [0.4, 0.5) is 0 Å². The van der Waals surface area contributed by atoms with Gasteiger partial charge in [0.2, 0.25) is 0 Å². The number of hydrogen-bond acceptors (Lipinski definition) is 7. The number of ether oxygens (including phenoxy) is 5. The van der Waals surface area contributed by atoms with Crippen LogP contribution in [0.15, 0.2) is 108 Å². The minimum atomic E-state index is 0.0189. The lowest BCUT2D eigenvalue weighted by molar-refractivity contribution is -0.531. The van der Waals surface area contributed by atoms with Gasteiger partial charge in [-0.25, -0.2) is 4.58 Å². The topological polar surface area (TPSA) is 89.6 Å². The van der Waals surface area contributed by atoms with Gasteiger partial charge in [0, 0.05) is 23.3 Å². The molecule has 8 nitrogen and oxygen atoms in total. The molecule has 0 amide bonds. The average Bonchev–Trinajstić information content (AvgIpc) is 3.07. The highest BCUT2D eigenvalue weighted by atomic mass is 16.6. The van der Waals surface area contributed by atoms with Crippen LogP contribution in [0.3, 0.4) is 0 Å². The minimum Gasteiger partial charge on any atom is -0.456 e. The van der Waals surface area contributed by atoms with Crippen LogP contribution in [-0.2, 0) is 23.7 Å². The van der Waals surface area contributed by atoms with Gasteiger partial charge in [-0.1, -0.05) is 60.7 Å². The molecule has 0 saturated carbocycles. The molecule has 0 spiro atoms. The van der Waals surface area contributed by atoms with Crippen LogP contribution in [0.1, 0.15) is 11.1 Å². The van der Waals surface area contributed by atoms with E-state index in [1.165, 1.54) is 0 Å². The maximum atomic E-state index is 9.67. The average molecular weight is 589 g/mol. The highest BCUT2D eigenvalue weighted by Gasteiger charge is 2.18. The van der Waals surface area contributed by atoms with Crippen LogP contribution in [0.25, 0.3) is 11.5 Å². The quantitative estimate of drug-likeness (QED) is 0.201. The molecular formula is C35H42NO7+. The second-order valence-electron chi connectivity index (χ2n) is 9.74. The Balaban J connectivity index is 1.32. The number of allylic oxidation sites excluding steroid dienone is 8. The molecule has 2 aliphatic rings. The van der Waals surface area contributed by atoms with E-state index in [0.717, 1.165) is 39.5 Å². The van der Waals surface area contributed by atoms with Crippen molar-refractivity contribution < 1.29 is 38.5 Å². The first-order chi connectivity index (χ1) is 21.3. The first-order valence-corrected chi connectivity index (χ1v) is 14.8. The minimum absolute atomic E-state index is 0.0189. The zero-order valence-corrected chi connectivity index (χ0v) is 24.6. The second kappa shape index (κ2) is 18.8. The third kappa shape index (κ3) is 10.9. The largest absolute Gasteiger partial charge is 0.456 e. The summed E-state index contributed by atoms with van der Waals surface area (Å²) in [7, 11) is 0. The first-order valence-electron chi connectivity index (χ1n) is 14.8. The van der Waals surface area contributed by atoms with E-state index in [1.54, 1.807) is 0 Å². The lowest BCUT2D eigenvalue weighted by atomic mass is 9.97. The Morgan fingerprint density at radius 2 is 1.00 bits per heavy atom. The Morgan fingerprint density at radius 1 is 0.512 bits per heavy atom. The third-order valence-electron chi connectivity index (χ3n) is 6.70. The van der Waals surface area contributed by atoms with Crippen molar-refractivity contribution in [2.45, 2.75) is 0 Å². The number of rotatable bonds is 18. The van der Waals surface area contributed by atoms with Crippen molar-refractivity contribution in [1.29, 1.82) is 0 Å². The molecule has 0 fully saturated rings. The smallest absolute Gasteiger partial charge is 0.200 e. The summed E-state index contributed by atoms with van der Waals surface area (Å²) in [5.41, 5.74) is 5.20. The predicted molar refractivity (Wildman–Crippen MR) is 168 cm³/mol. The molecule has 1 aliphatic carbocycles. The molecule has 1 heterocycles. The summed E-state index contributed by atoms with van der Waals surface area (Å²) in [5.74, 6) is 1.61. The maximum Gasteiger partial charge on any atom is 0.200 e. The van der Waals surface area contributed by atoms with E-state index >= 15 is 0 Å². The van der Waals surface area contributed by atoms with E-state index in [-0.39, 0.29) is 13.2 Å². The number of aliphatic hydroxyl groups is 2. The lowest BCUT2D eigenvalue weighted by Gasteiger charge is -2.20. The highest BCUT2D eigenvalue weighted by molar-refractivity contribution is 6.02. The highest BCUT2D eigenvalue weighted by Crippen LogP contribution is 2.33. The molecule has 0 saturated heterocycles. The van der Waals surface area contributed by atoms with Gasteiger partial charge in [-0.2, -0.15) is 0 Å². The molecule has 2 aromatic carbocycles. The fourth-order valence-corrected chi connectivity index (χ4v) is 4.51. The van der Waals surface area contributed by atoms with Crippen LogP contribution >= 0.6 is 0 Å². The molecule has 0 atom stereocenters. The van der Waals surface area contributed by atoms with Gasteiger partial charge in [0.15, 0.2) is 18.8 Å². The van der Waals surface area contributed by atoms with Crippen molar-refractivity contribution >= 4 is 17.2 Å². The van der Waals surface area contributed by atoms with Crippen LogP contribution in [-0.4, -0.2) is 99.7 Å². The number of benzene rings is 2. The van der Waals surface area contributed by atoms with Gasteiger partial charge in [0.1, 0.15) is 24.7 Å². The maximum absolute atomic E-state index is 9.67. The Bertz CT molecular complexity index is 1230. The molecule has 0 radical (unpaired) electrons. The molecule has 0 bridgehead atoms. The molecule has 8 heteroatoms. The normalized spacial score (nSPS) is 14.5. The monoisotopic (exact) mass is 588 g/mol. The molecule has 43 heavy (non-hydrogen) atoms. The Kier molecular flexibility index (Phi) is 14.1. The van der Waals surface area contributed by atoms with Crippen LogP contribution in [0.2, 0.25) is 0 Å². The predicted octanol–water partition coefficient (Wildman–Crippen LogP) is 4.03. The van der Waals surface area contributed by atoms with Gasteiger partial charge in [-0.05, 0) is 35.5 Å². The summed E-state index contributed by atoms with van der Waals surface area (Å²) in [4.78, 5) is 0. The van der Waals surface area contributed by atoms with Gasteiger partial charge >= 0.3 is 0 Å². The summed E-state index contributed by atoms with van der Waals surface area (Å²) in [6, 6.07) is 20.2. The van der Waals surface area contributed by atoms with Crippen molar-refractivity contribution in [3.63, 3.8) is 0 Å². The molecule has 0 aromatic heterocycles. The van der Waals surface area contributed by atoms with E-state index in [0.29, 0.717) is 65.9 Å². The second-order valence-corrected chi connectivity index (χ2v) is 9.74. The molecular weight excluding hydrogens is 546 g/mol. The van der Waals surface area contributed by atoms with Crippen LogP contribution in [0.5, 0.6) is 0 Å². The van der Waals surface area contributed by atoms with E-state index < -0.39 is 0 Å². The van der Waals surface area contributed by atoms with Gasteiger partial charge in [-0.15, -0.1) is 0 Å². The number of aliphatic hydroxyl groups excluding tert-OH is 2. The molecule has 4 rings (SSSR count). The van der Waals surface area contributed by atoms with E-state index in [2.05, 4.69) is 65.3 Å². The van der Waals surface area contributed by atoms with Gasteiger partial charge in [0.05, 0.1) is 52.9 Å². The molecule has 1 aliphatic heterocycles. The number of hydrogen-bond donors (Lipinski definition) is 2. The standard InChI is InChI=1S/C35H42NO7/c37-17-15-36(16-19-39-21-23-41-25-26-42-24-22-40-20-18-38)33-13-11-29(12-14-33)32-27-34(30-7-3-1-4-8-30)43-35(28-32)31-9-5-2-6-10-31/h1-14,27-28,37-38H,15-26H2/q+1. The lowest BCUT2D eigenvalue weighted by Crippen LogP contribution is -2.27. The van der Waals surface area contributed by atoms with Crippen LogP contribution < -0.4 is 0 Å². The zero-order valence-electron chi connectivity index (χ0n) is 24.6. The van der Waals surface area contributed by atoms with Gasteiger partial charge < -0.3 is 33.9 Å². The zero-order chi connectivity index (χ0) is 30.0. The molecule has 0 unspecified atom stereocenters. The third-order valence-corrected chi connectivity index (χ3v) is 6.70. The molecule has 2 aromatic rings. The van der Waals surface area contributed by atoms with E-state index in [4.69, 9.17) is 28.8 Å². The van der Waals surface area contributed by atoms with Crippen molar-refractivity contribution in [3.8, 4) is 0 Å². The van der Waals surface area contributed by atoms with Gasteiger partial charge in [0.25, 0.3) is 0 Å². The Hall–Kier alpha value is -3.63. The summed E-state index contributed by atoms with van der Waals surface area (Å²) < 4.78 is 30.3. The van der Waals surface area contributed by atoms with Gasteiger partial charge in [-0.3, -0.25) is 0 Å². The SMILES string of the molecule is OCCOCCOCCOCCOCC[N+](CCO)=C1C=CC(=C2C=C(c3ccccc3)OC(c3ccccc3)=C2)C=C1. The molecule has 228 valence electrons. The summed E-state index contributed by atoms with van der Waals surface area (Å²) in [5, 5.41) is 18.3. The van der Waals surface area contributed by atoms with E-state index in [9.17, 15) is 5.11 Å². The first kappa shape index (κ1) is 32.3. The molecule has 2 N–H and O–H groups in total. The summed E-state index contributed by atoms with van der Waals surface area (Å²) >= 11 is 0. The fourth-order valence-electron chi connectivity index (χ4n) is 4.51. The van der Waals surface area contributed by atoms with Crippen LogP contribution in [0, 0.1) is 0 Å². The van der Waals surface area contributed by atoms with Crippen molar-refractivity contribution in [2.75, 3.05) is 79.2 Å².